The van der Waals surface area contributed by atoms with Crippen LogP contribution in [0.3, 0.4) is 0 Å². The van der Waals surface area contributed by atoms with Crippen LogP contribution in [0.15, 0.2) is 47.2 Å². The summed E-state index contributed by atoms with van der Waals surface area (Å²) in [6.07, 6.45) is 3.81. The smallest absolute Gasteiger partial charge is 0.273 e. The molecule has 0 atom stereocenters. The van der Waals surface area contributed by atoms with Crippen molar-refractivity contribution in [1.29, 1.82) is 0 Å². The Kier molecular flexibility index (Phi) is 6.27. The number of fused-ring (bicyclic) bond motifs is 1. The van der Waals surface area contributed by atoms with E-state index in [2.05, 4.69) is 30.6 Å². The Morgan fingerprint density at radius 2 is 1.90 bits per heavy atom. The van der Waals surface area contributed by atoms with E-state index < -0.39 is 11.7 Å². The van der Waals surface area contributed by atoms with Crippen LogP contribution in [0.4, 0.5) is 8.78 Å². The highest BCUT2D eigenvalue weighted by atomic mass is 19.1. The van der Waals surface area contributed by atoms with Gasteiger partial charge in [-0.3, -0.25) is 9.78 Å². The zero-order valence-corrected chi connectivity index (χ0v) is 16.5. The zero-order chi connectivity index (χ0) is 21.6. The maximum atomic E-state index is 13.7. The molecule has 0 unspecified atom stereocenters. The molecular formula is C21H20F2N6O2. The van der Waals surface area contributed by atoms with Crippen molar-refractivity contribution in [1.82, 2.24) is 30.6 Å². The van der Waals surface area contributed by atoms with Gasteiger partial charge in [0.15, 0.2) is 17.4 Å². The number of amides is 1. The summed E-state index contributed by atoms with van der Waals surface area (Å²) in [5, 5.41) is 5.79. The molecule has 0 aliphatic rings. The number of carbonyl (C=O) groups excluding carboxylic acids is 1. The predicted octanol–water partition coefficient (Wildman–Crippen LogP) is 2.53. The van der Waals surface area contributed by atoms with Crippen LogP contribution in [0.2, 0.25) is 0 Å². The van der Waals surface area contributed by atoms with E-state index in [4.69, 9.17) is 4.42 Å². The summed E-state index contributed by atoms with van der Waals surface area (Å²) in [6, 6.07) is 7.56. The second kappa shape index (κ2) is 9.43. The predicted molar refractivity (Wildman–Crippen MR) is 108 cm³/mol. The van der Waals surface area contributed by atoms with E-state index in [0.717, 1.165) is 0 Å². The van der Waals surface area contributed by atoms with Crippen molar-refractivity contribution in [2.45, 2.75) is 19.4 Å². The molecule has 0 saturated heterocycles. The van der Waals surface area contributed by atoms with Crippen LogP contribution in [-0.2, 0) is 19.4 Å². The van der Waals surface area contributed by atoms with E-state index in [1.807, 2.05) is 0 Å². The molecule has 0 spiro atoms. The minimum Gasteiger partial charge on any atom is -0.448 e. The maximum Gasteiger partial charge on any atom is 0.273 e. The summed E-state index contributed by atoms with van der Waals surface area (Å²) >= 11 is 0. The van der Waals surface area contributed by atoms with Gasteiger partial charge in [-0.15, -0.1) is 0 Å². The quantitative estimate of drug-likeness (QED) is 0.355. The summed E-state index contributed by atoms with van der Waals surface area (Å²) < 4.78 is 32.5. The van der Waals surface area contributed by atoms with Gasteiger partial charge < -0.3 is 20.0 Å². The summed E-state index contributed by atoms with van der Waals surface area (Å²) in [7, 11) is 0. The fourth-order valence-electron chi connectivity index (χ4n) is 3.03. The zero-order valence-electron chi connectivity index (χ0n) is 16.5. The first-order chi connectivity index (χ1) is 15.1. The van der Waals surface area contributed by atoms with Crippen LogP contribution < -0.4 is 10.6 Å². The minimum atomic E-state index is -0.484. The molecule has 0 bridgehead atoms. The van der Waals surface area contributed by atoms with Crippen LogP contribution in [0.1, 0.15) is 27.9 Å². The lowest BCUT2D eigenvalue weighted by atomic mass is 10.3. The van der Waals surface area contributed by atoms with Gasteiger partial charge in [-0.05, 0) is 24.3 Å². The molecular weight excluding hydrogens is 406 g/mol. The highest BCUT2D eigenvalue weighted by Gasteiger charge is 2.13. The first kappa shape index (κ1) is 20.6. The molecule has 3 aromatic heterocycles. The van der Waals surface area contributed by atoms with E-state index in [9.17, 15) is 13.6 Å². The van der Waals surface area contributed by atoms with Crippen molar-refractivity contribution < 1.29 is 18.0 Å². The molecule has 0 aliphatic carbocycles. The molecule has 160 valence electrons. The summed E-state index contributed by atoms with van der Waals surface area (Å²) in [6.45, 7) is 1.17. The number of hydrogen-bond acceptors (Lipinski definition) is 6. The van der Waals surface area contributed by atoms with Gasteiger partial charge in [0, 0.05) is 32.1 Å². The third-order valence-corrected chi connectivity index (χ3v) is 4.60. The van der Waals surface area contributed by atoms with Crippen molar-refractivity contribution in [3.05, 3.63) is 77.5 Å². The Hall–Kier alpha value is -3.66. The largest absolute Gasteiger partial charge is 0.448 e. The van der Waals surface area contributed by atoms with Crippen LogP contribution in [0, 0.1) is 11.6 Å². The van der Waals surface area contributed by atoms with Gasteiger partial charge in [0.25, 0.3) is 5.91 Å². The lowest BCUT2D eigenvalue weighted by molar-refractivity contribution is 0.0945. The van der Waals surface area contributed by atoms with Crippen molar-refractivity contribution in [3.63, 3.8) is 0 Å². The van der Waals surface area contributed by atoms with E-state index in [0.29, 0.717) is 48.7 Å². The Balaban J connectivity index is 1.19. The number of nitrogens with zero attached hydrogens (tertiary/aromatic N) is 3. The number of nitrogens with one attached hydrogen (secondary N) is 3. The molecule has 4 aromatic rings. The lowest BCUT2D eigenvalue weighted by Gasteiger charge is -2.03. The number of oxazole rings is 1. The fraction of sp³-hybridized carbons (Fsp3) is 0.238. The number of aromatic nitrogens is 4. The molecule has 0 radical (unpaired) electrons. The highest BCUT2D eigenvalue weighted by Crippen LogP contribution is 2.14. The molecule has 0 saturated carbocycles. The number of imidazole rings is 1. The van der Waals surface area contributed by atoms with E-state index in [1.165, 1.54) is 30.7 Å². The first-order valence-electron chi connectivity index (χ1n) is 9.76. The normalized spacial score (nSPS) is 11.2. The molecule has 3 N–H and O–H groups in total. The van der Waals surface area contributed by atoms with Crippen LogP contribution in [-0.4, -0.2) is 38.9 Å². The third-order valence-electron chi connectivity index (χ3n) is 4.60. The standard InChI is InChI=1S/C21H20F2N6O2/c22-13-4-2-8-25-16(13)11-26-21(30)17-12-31-19(28-17)7-10-24-9-6-18-27-15-5-1-3-14(23)20(15)29-18/h1-5,8,12,24H,6-7,9-11H2,(H,26,30)(H,27,29). The van der Waals surface area contributed by atoms with Gasteiger partial charge in [0.2, 0.25) is 0 Å². The molecule has 1 aromatic carbocycles. The highest BCUT2D eigenvalue weighted by molar-refractivity contribution is 5.91. The summed E-state index contributed by atoms with van der Waals surface area (Å²) in [4.78, 5) is 27.5. The molecule has 8 nitrogen and oxygen atoms in total. The lowest BCUT2D eigenvalue weighted by Crippen LogP contribution is -2.24. The van der Waals surface area contributed by atoms with Crippen LogP contribution in [0.5, 0.6) is 0 Å². The topological polar surface area (TPSA) is 109 Å². The summed E-state index contributed by atoms with van der Waals surface area (Å²) in [5.41, 5.74) is 1.28. The number of benzene rings is 1. The molecule has 0 aliphatic heterocycles. The van der Waals surface area contributed by atoms with Gasteiger partial charge in [-0.2, -0.15) is 0 Å². The molecule has 1 amide bonds. The van der Waals surface area contributed by atoms with Gasteiger partial charge in [-0.1, -0.05) is 6.07 Å². The van der Waals surface area contributed by atoms with E-state index in [-0.39, 0.29) is 23.7 Å². The Morgan fingerprint density at radius 1 is 1.06 bits per heavy atom. The number of H-pyrrole nitrogens is 1. The number of rotatable bonds is 9. The molecule has 31 heavy (non-hydrogen) atoms. The Bertz CT molecular complexity index is 1190. The maximum absolute atomic E-state index is 13.7. The molecule has 3 heterocycles. The Labute approximate surface area is 176 Å². The summed E-state index contributed by atoms with van der Waals surface area (Å²) in [5.74, 6) is -0.186. The first-order valence-corrected chi connectivity index (χ1v) is 9.76. The van der Waals surface area contributed by atoms with Crippen molar-refractivity contribution >= 4 is 16.9 Å². The number of aromatic amines is 1. The number of para-hydroxylation sites is 1. The monoisotopic (exact) mass is 426 g/mol. The number of pyridine rings is 1. The fourth-order valence-corrected chi connectivity index (χ4v) is 3.03. The van der Waals surface area contributed by atoms with Gasteiger partial charge >= 0.3 is 0 Å². The van der Waals surface area contributed by atoms with Gasteiger partial charge in [0.1, 0.15) is 23.4 Å². The van der Waals surface area contributed by atoms with Crippen molar-refractivity contribution in [3.8, 4) is 0 Å². The van der Waals surface area contributed by atoms with E-state index in [1.54, 1.807) is 12.1 Å². The van der Waals surface area contributed by atoms with Crippen molar-refractivity contribution in [2.75, 3.05) is 13.1 Å². The average Bonchev–Trinajstić information content (AvgIpc) is 3.40. The SMILES string of the molecule is O=C(NCc1ncccc1F)c1coc(CCNCCc2nc3c(F)cccc3[nH]2)n1. The second-order valence-electron chi connectivity index (χ2n) is 6.81. The Morgan fingerprint density at radius 3 is 2.74 bits per heavy atom. The van der Waals surface area contributed by atoms with Crippen LogP contribution in [0.25, 0.3) is 11.0 Å². The minimum absolute atomic E-state index is 0.0407. The second-order valence-corrected chi connectivity index (χ2v) is 6.81. The number of hydrogen-bond donors (Lipinski definition) is 3. The van der Waals surface area contributed by atoms with E-state index >= 15 is 0 Å². The van der Waals surface area contributed by atoms with Crippen LogP contribution >= 0.6 is 0 Å². The van der Waals surface area contributed by atoms with Gasteiger partial charge in [0.05, 0.1) is 17.8 Å². The average molecular weight is 426 g/mol. The molecule has 4 rings (SSSR count). The molecule has 10 heteroatoms. The van der Waals surface area contributed by atoms with Crippen molar-refractivity contribution in [2.24, 2.45) is 0 Å². The van der Waals surface area contributed by atoms with Gasteiger partial charge in [-0.25, -0.2) is 18.7 Å². The molecule has 0 fully saturated rings. The number of halogens is 2. The number of carbonyl (C=O) groups is 1. The third kappa shape index (κ3) is 5.10.